The number of nitrogens with one attached hydrogen (secondary N) is 1. The Labute approximate surface area is 172 Å². The number of aryl methyl sites for hydroxylation is 1. The number of amides is 1. The molecule has 0 bridgehead atoms. The van der Waals surface area contributed by atoms with Gasteiger partial charge in [-0.2, -0.15) is 0 Å². The van der Waals surface area contributed by atoms with Crippen molar-refractivity contribution in [3.63, 3.8) is 0 Å². The third kappa shape index (κ3) is 6.82. The molecule has 0 unspecified atom stereocenters. The molecule has 1 atom stereocenters. The summed E-state index contributed by atoms with van der Waals surface area (Å²) in [5.74, 6) is 0.432. The molecule has 0 saturated heterocycles. The quantitative estimate of drug-likeness (QED) is 0.461. The number of benzene rings is 2. The van der Waals surface area contributed by atoms with E-state index in [2.05, 4.69) is 12.2 Å². The monoisotopic (exact) mass is 399 g/mol. The molecule has 2 rings (SSSR count). The van der Waals surface area contributed by atoms with Gasteiger partial charge >= 0.3 is 5.97 Å². The van der Waals surface area contributed by atoms with Gasteiger partial charge in [-0.15, -0.1) is 0 Å². The zero-order valence-corrected chi connectivity index (χ0v) is 17.5. The summed E-state index contributed by atoms with van der Waals surface area (Å²) in [7, 11) is 1.56. The van der Waals surface area contributed by atoms with Gasteiger partial charge in [-0.3, -0.25) is 4.79 Å². The molecular formula is C23H29NO5. The lowest BCUT2D eigenvalue weighted by Crippen LogP contribution is -2.26. The van der Waals surface area contributed by atoms with Crippen LogP contribution >= 0.6 is 0 Å². The summed E-state index contributed by atoms with van der Waals surface area (Å²) in [6, 6.07) is 12.2. The van der Waals surface area contributed by atoms with Crippen LogP contribution < -0.4 is 14.8 Å². The van der Waals surface area contributed by atoms with Gasteiger partial charge in [0, 0.05) is 5.56 Å². The predicted octanol–water partition coefficient (Wildman–Crippen LogP) is 4.76. The van der Waals surface area contributed by atoms with Crippen LogP contribution in [-0.4, -0.2) is 31.7 Å². The summed E-state index contributed by atoms with van der Waals surface area (Å²) >= 11 is 0. The number of methoxy groups -OCH3 is 1. The third-order valence-corrected chi connectivity index (χ3v) is 4.36. The maximum atomic E-state index is 12.5. The molecule has 0 fully saturated rings. The largest absolute Gasteiger partial charge is 0.495 e. The number of hydrogen-bond donors (Lipinski definition) is 1. The van der Waals surface area contributed by atoms with Gasteiger partial charge in [-0.25, -0.2) is 4.79 Å². The van der Waals surface area contributed by atoms with Crippen LogP contribution in [0.2, 0.25) is 0 Å². The molecule has 0 aliphatic carbocycles. The van der Waals surface area contributed by atoms with Gasteiger partial charge in [0.1, 0.15) is 11.5 Å². The van der Waals surface area contributed by atoms with E-state index in [9.17, 15) is 9.59 Å². The van der Waals surface area contributed by atoms with E-state index in [0.29, 0.717) is 29.4 Å². The Morgan fingerprint density at radius 1 is 1.07 bits per heavy atom. The highest BCUT2D eigenvalue weighted by atomic mass is 16.6. The van der Waals surface area contributed by atoms with Crippen molar-refractivity contribution in [2.75, 3.05) is 19.0 Å². The average molecular weight is 399 g/mol. The van der Waals surface area contributed by atoms with Crippen molar-refractivity contribution in [3.8, 4) is 11.5 Å². The Bertz CT molecular complexity index is 817. The van der Waals surface area contributed by atoms with Crippen LogP contribution in [0.1, 0.15) is 49.0 Å². The van der Waals surface area contributed by atoms with Crippen molar-refractivity contribution in [1.82, 2.24) is 0 Å². The first-order valence-corrected chi connectivity index (χ1v) is 9.84. The SMILES string of the molecule is CCCCCOC(=O)[C@H](C)Oc1ccc(C(=O)Nc2cc(C)ccc2OC)cc1. The molecule has 2 aromatic carbocycles. The summed E-state index contributed by atoms with van der Waals surface area (Å²) in [5, 5.41) is 2.85. The first kappa shape index (κ1) is 22.3. The molecule has 156 valence electrons. The molecule has 2 aromatic rings. The fourth-order valence-corrected chi connectivity index (χ4v) is 2.69. The van der Waals surface area contributed by atoms with Crippen molar-refractivity contribution >= 4 is 17.6 Å². The second kappa shape index (κ2) is 11.1. The van der Waals surface area contributed by atoms with Crippen molar-refractivity contribution in [2.24, 2.45) is 0 Å². The molecular weight excluding hydrogens is 370 g/mol. The first-order chi connectivity index (χ1) is 13.9. The lowest BCUT2D eigenvalue weighted by molar-refractivity contribution is -0.151. The molecule has 0 aromatic heterocycles. The second-order valence-corrected chi connectivity index (χ2v) is 6.82. The van der Waals surface area contributed by atoms with E-state index in [1.165, 1.54) is 0 Å². The molecule has 0 radical (unpaired) electrons. The van der Waals surface area contributed by atoms with E-state index < -0.39 is 12.1 Å². The molecule has 29 heavy (non-hydrogen) atoms. The van der Waals surface area contributed by atoms with Gasteiger partial charge in [0.15, 0.2) is 6.10 Å². The number of unbranched alkanes of at least 4 members (excludes halogenated alkanes) is 2. The molecule has 6 nitrogen and oxygen atoms in total. The van der Waals surface area contributed by atoms with E-state index in [4.69, 9.17) is 14.2 Å². The van der Waals surface area contributed by atoms with E-state index in [0.717, 1.165) is 24.8 Å². The summed E-state index contributed by atoms with van der Waals surface area (Å²) in [6.07, 6.45) is 2.23. The van der Waals surface area contributed by atoms with Gasteiger partial charge in [-0.1, -0.05) is 25.8 Å². The van der Waals surface area contributed by atoms with E-state index in [-0.39, 0.29) is 5.91 Å². The predicted molar refractivity (Wildman–Crippen MR) is 113 cm³/mol. The molecule has 6 heteroatoms. The number of esters is 1. The van der Waals surface area contributed by atoms with Crippen molar-refractivity contribution < 1.29 is 23.8 Å². The molecule has 0 aliphatic rings. The van der Waals surface area contributed by atoms with Crippen molar-refractivity contribution in [1.29, 1.82) is 0 Å². The minimum Gasteiger partial charge on any atom is -0.495 e. The van der Waals surface area contributed by atoms with E-state index in [1.54, 1.807) is 38.3 Å². The molecule has 0 heterocycles. The highest BCUT2D eigenvalue weighted by Gasteiger charge is 2.17. The third-order valence-electron chi connectivity index (χ3n) is 4.36. The number of rotatable bonds is 10. The van der Waals surface area contributed by atoms with Crippen LogP contribution in [0.4, 0.5) is 5.69 Å². The average Bonchev–Trinajstić information content (AvgIpc) is 2.71. The second-order valence-electron chi connectivity index (χ2n) is 6.82. The molecule has 0 spiro atoms. The Balaban J connectivity index is 1.93. The van der Waals surface area contributed by atoms with Gasteiger partial charge in [-0.05, 0) is 62.2 Å². The van der Waals surface area contributed by atoms with E-state index >= 15 is 0 Å². The fourth-order valence-electron chi connectivity index (χ4n) is 2.69. The molecule has 0 aliphatic heterocycles. The van der Waals surface area contributed by atoms with Crippen LogP contribution in [-0.2, 0) is 9.53 Å². The minimum absolute atomic E-state index is 0.260. The molecule has 0 saturated carbocycles. The topological polar surface area (TPSA) is 73.9 Å². The lowest BCUT2D eigenvalue weighted by Gasteiger charge is -2.14. The Hall–Kier alpha value is -3.02. The number of ether oxygens (including phenoxy) is 3. The Morgan fingerprint density at radius 2 is 1.79 bits per heavy atom. The van der Waals surface area contributed by atoms with Gasteiger partial charge in [0.25, 0.3) is 5.91 Å². The standard InChI is InChI=1S/C23H29NO5/c1-5-6-7-14-28-23(26)17(3)29-19-11-9-18(10-12-19)22(25)24-20-15-16(2)8-13-21(20)27-4/h8-13,15,17H,5-7,14H2,1-4H3,(H,24,25)/t17-/m0/s1. The zero-order chi connectivity index (χ0) is 21.2. The number of anilines is 1. The van der Waals surface area contributed by atoms with Crippen molar-refractivity contribution in [2.45, 2.75) is 46.1 Å². The maximum Gasteiger partial charge on any atom is 0.347 e. The molecule has 1 N–H and O–H groups in total. The zero-order valence-electron chi connectivity index (χ0n) is 17.5. The summed E-state index contributed by atoms with van der Waals surface area (Å²) in [6.45, 7) is 6.08. The minimum atomic E-state index is -0.715. The van der Waals surface area contributed by atoms with Crippen LogP contribution in [0.5, 0.6) is 11.5 Å². The summed E-state index contributed by atoms with van der Waals surface area (Å²) in [4.78, 5) is 24.5. The molecule has 1 amide bonds. The van der Waals surface area contributed by atoms with Crippen LogP contribution in [0.3, 0.4) is 0 Å². The summed E-state index contributed by atoms with van der Waals surface area (Å²) in [5.41, 5.74) is 2.09. The number of hydrogen-bond acceptors (Lipinski definition) is 5. The highest BCUT2D eigenvalue weighted by molar-refractivity contribution is 6.05. The van der Waals surface area contributed by atoms with Crippen LogP contribution in [0, 0.1) is 6.92 Å². The van der Waals surface area contributed by atoms with Crippen LogP contribution in [0.25, 0.3) is 0 Å². The Kier molecular flexibility index (Phi) is 8.52. The normalized spacial score (nSPS) is 11.4. The van der Waals surface area contributed by atoms with Gasteiger partial charge in [0.2, 0.25) is 0 Å². The van der Waals surface area contributed by atoms with E-state index in [1.807, 2.05) is 25.1 Å². The van der Waals surface area contributed by atoms with Gasteiger partial charge < -0.3 is 19.5 Å². The Morgan fingerprint density at radius 3 is 2.45 bits per heavy atom. The van der Waals surface area contributed by atoms with Crippen LogP contribution in [0.15, 0.2) is 42.5 Å². The number of carbonyl (C=O) groups is 2. The van der Waals surface area contributed by atoms with Crippen molar-refractivity contribution in [3.05, 3.63) is 53.6 Å². The smallest absolute Gasteiger partial charge is 0.347 e. The lowest BCUT2D eigenvalue weighted by atomic mass is 10.1. The summed E-state index contributed by atoms with van der Waals surface area (Å²) < 4.78 is 16.1. The highest BCUT2D eigenvalue weighted by Crippen LogP contribution is 2.26. The first-order valence-electron chi connectivity index (χ1n) is 9.84. The number of carbonyl (C=O) groups excluding carboxylic acids is 2. The fraction of sp³-hybridized carbons (Fsp3) is 0.391. The van der Waals surface area contributed by atoms with Gasteiger partial charge in [0.05, 0.1) is 19.4 Å². The maximum absolute atomic E-state index is 12.5.